The summed E-state index contributed by atoms with van der Waals surface area (Å²) in [6.45, 7) is 6.09. The highest BCUT2D eigenvalue weighted by atomic mass is 32.2. The van der Waals surface area contributed by atoms with Gasteiger partial charge in [0.25, 0.3) is 0 Å². The van der Waals surface area contributed by atoms with Gasteiger partial charge in [-0.1, -0.05) is 59.3 Å². The Morgan fingerprint density at radius 1 is 1.00 bits per heavy atom. The molecular weight excluding hydrogens is 392 g/mol. The highest BCUT2D eigenvalue weighted by molar-refractivity contribution is 8.16. The zero-order chi connectivity index (χ0) is 21.1. The van der Waals surface area contributed by atoms with Crippen molar-refractivity contribution in [3.05, 3.63) is 65.2 Å². The molecule has 5 nitrogen and oxygen atoms in total. The number of piperidine rings is 1. The van der Waals surface area contributed by atoms with Crippen LogP contribution in [0.3, 0.4) is 0 Å². The fourth-order valence-electron chi connectivity index (χ4n) is 3.69. The van der Waals surface area contributed by atoms with E-state index in [2.05, 4.69) is 48.5 Å². The minimum atomic E-state index is -0.373. The number of thioether (sulfide) groups is 1. The molecule has 1 spiro atoms. The van der Waals surface area contributed by atoms with Gasteiger partial charge in [-0.25, -0.2) is 4.99 Å². The van der Waals surface area contributed by atoms with E-state index >= 15 is 0 Å². The van der Waals surface area contributed by atoms with E-state index in [1.165, 1.54) is 22.9 Å². The monoisotopic (exact) mass is 420 g/mol. The Morgan fingerprint density at radius 2 is 1.60 bits per heavy atom. The minimum absolute atomic E-state index is 0.0286. The second-order valence-electron chi connectivity index (χ2n) is 8.23. The molecule has 30 heavy (non-hydrogen) atoms. The Kier molecular flexibility index (Phi) is 6.06. The van der Waals surface area contributed by atoms with E-state index in [0.717, 1.165) is 47.9 Å². The maximum Gasteiger partial charge on any atom is 0.234 e. The summed E-state index contributed by atoms with van der Waals surface area (Å²) in [4.78, 5) is 25.0. The number of nitrogens with zero attached hydrogens (tertiary/aromatic N) is 3. The molecule has 2 aliphatic rings. The molecular formula is C24H28N4OS. The zero-order valence-corrected chi connectivity index (χ0v) is 18.6. The summed E-state index contributed by atoms with van der Waals surface area (Å²) in [6.07, 6.45) is 1.83. The van der Waals surface area contributed by atoms with Crippen LogP contribution in [-0.4, -0.2) is 53.1 Å². The van der Waals surface area contributed by atoms with Crippen LogP contribution in [0.1, 0.15) is 29.5 Å². The van der Waals surface area contributed by atoms with Crippen molar-refractivity contribution in [3.8, 4) is 0 Å². The number of carbonyl (C=O) groups excluding carboxylic acids is 1. The quantitative estimate of drug-likeness (QED) is 0.802. The van der Waals surface area contributed by atoms with E-state index in [1.54, 1.807) is 0 Å². The summed E-state index contributed by atoms with van der Waals surface area (Å²) < 4.78 is 0. The fourth-order valence-corrected chi connectivity index (χ4v) is 4.57. The molecule has 1 fully saturated rings. The van der Waals surface area contributed by atoms with Gasteiger partial charge in [0.1, 0.15) is 5.04 Å². The molecule has 0 atom stereocenters. The molecule has 1 saturated heterocycles. The van der Waals surface area contributed by atoms with Crippen LogP contribution in [0.15, 0.2) is 58.5 Å². The molecule has 0 saturated carbocycles. The average Bonchev–Trinajstić information content (AvgIpc) is 3.09. The van der Waals surface area contributed by atoms with Crippen LogP contribution in [0.25, 0.3) is 0 Å². The molecule has 0 radical (unpaired) electrons. The van der Waals surface area contributed by atoms with Gasteiger partial charge < -0.3 is 10.2 Å². The molecule has 2 heterocycles. The summed E-state index contributed by atoms with van der Waals surface area (Å²) in [6, 6.07) is 16.3. The van der Waals surface area contributed by atoms with E-state index in [4.69, 9.17) is 9.98 Å². The van der Waals surface area contributed by atoms with Gasteiger partial charge in [0.15, 0.2) is 5.66 Å². The third kappa shape index (κ3) is 4.82. The van der Waals surface area contributed by atoms with Crippen LogP contribution in [0.5, 0.6) is 0 Å². The lowest BCUT2D eigenvalue weighted by molar-refractivity contribution is -0.113. The number of rotatable bonds is 4. The van der Waals surface area contributed by atoms with Gasteiger partial charge in [0.05, 0.1) is 11.5 Å². The number of nitrogens with one attached hydrogen (secondary N) is 1. The number of likely N-dealkylation sites (tertiary alicyclic amines) is 1. The summed E-state index contributed by atoms with van der Waals surface area (Å²) in [5.41, 5.74) is 4.83. The molecule has 0 aromatic heterocycles. The Hall–Kier alpha value is -2.44. The van der Waals surface area contributed by atoms with Crippen molar-refractivity contribution in [2.45, 2.75) is 32.4 Å². The molecule has 2 aromatic carbocycles. The summed E-state index contributed by atoms with van der Waals surface area (Å²) >= 11 is 1.48. The standard InChI is InChI=1S/C24H28N4OS/c1-17-4-8-19(9-5-17)22-23(27-24(26-22)12-14-28(3)15-13-24)30-16-21(29)25-20-10-6-18(2)7-11-20/h4-11H,12-16H2,1-3H3,(H,25,29). The van der Waals surface area contributed by atoms with Gasteiger partial charge in [-0.05, 0) is 33.0 Å². The van der Waals surface area contributed by atoms with Crippen molar-refractivity contribution in [3.63, 3.8) is 0 Å². The molecule has 0 bridgehead atoms. The first-order chi connectivity index (χ1) is 14.4. The first-order valence-electron chi connectivity index (χ1n) is 10.4. The lowest BCUT2D eigenvalue weighted by Crippen LogP contribution is -2.39. The number of amides is 1. The Labute approximate surface area is 182 Å². The Balaban J connectivity index is 1.50. The SMILES string of the molecule is Cc1ccc(NC(=O)CSC2=NC3(CCN(C)CC3)N=C2c2ccc(C)cc2)cc1. The van der Waals surface area contributed by atoms with Crippen LogP contribution < -0.4 is 5.32 Å². The van der Waals surface area contributed by atoms with Gasteiger partial charge in [-0.3, -0.25) is 9.79 Å². The Bertz CT molecular complexity index is 971. The van der Waals surface area contributed by atoms with Gasteiger partial charge >= 0.3 is 0 Å². The zero-order valence-electron chi connectivity index (χ0n) is 17.8. The predicted molar refractivity (Wildman–Crippen MR) is 127 cm³/mol. The molecule has 1 N–H and O–H groups in total. The highest BCUT2D eigenvalue weighted by Crippen LogP contribution is 2.35. The van der Waals surface area contributed by atoms with E-state index in [-0.39, 0.29) is 11.6 Å². The number of aryl methyl sites for hydroxylation is 2. The number of benzene rings is 2. The number of hydrogen-bond acceptors (Lipinski definition) is 5. The normalized spacial score (nSPS) is 18.2. The first kappa shape index (κ1) is 20.8. The van der Waals surface area contributed by atoms with Gasteiger partial charge in [0, 0.05) is 37.2 Å². The van der Waals surface area contributed by atoms with Gasteiger partial charge in [0.2, 0.25) is 5.91 Å². The predicted octanol–water partition coefficient (Wildman–Crippen LogP) is 4.30. The molecule has 4 rings (SSSR count). The largest absolute Gasteiger partial charge is 0.325 e. The van der Waals surface area contributed by atoms with Crippen LogP contribution in [-0.2, 0) is 4.79 Å². The van der Waals surface area contributed by atoms with E-state index in [0.29, 0.717) is 5.75 Å². The molecule has 156 valence electrons. The number of hydrogen-bond donors (Lipinski definition) is 1. The van der Waals surface area contributed by atoms with Crippen molar-refractivity contribution in [2.75, 3.05) is 31.2 Å². The number of anilines is 1. The average molecular weight is 421 g/mol. The van der Waals surface area contributed by atoms with Crippen LogP contribution in [0.2, 0.25) is 0 Å². The molecule has 0 aliphatic carbocycles. The molecule has 1 amide bonds. The maximum absolute atomic E-state index is 12.5. The molecule has 0 unspecified atom stereocenters. The van der Waals surface area contributed by atoms with E-state index in [1.807, 2.05) is 31.2 Å². The van der Waals surface area contributed by atoms with E-state index in [9.17, 15) is 4.79 Å². The van der Waals surface area contributed by atoms with Crippen LogP contribution in [0.4, 0.5) is 5.69 Å². The summed E-state index contributed by atoms with van der Waals surface area (Å²) in [7, 11) is 2.14. The van der Waals surface area contributed by atoms with Crippen molar-refractivity contribution >= 4 is 34.1 Å². The third-order valence-corrected chi connectivity index (χ3v) is 6.58. The number of aliphatic imine (C=N–C) groups is 2. The minimum Gasteiger partial charge on any atom is -0.325 e. The maximum atomic E-state index is 12.5. The summed E-state index contributed by atoms with van der Waals surface area (Å²) in [5, 5.41) is 3.85. The van der Waals surface area contributed by atoms with Crippen molar-refractivity contribution in [2.24, 2.45) is 9.98 Å². The van der Waals surface area contributed by atoms with Gasteiger partial charge in [-0.2, -0.15) is 0 Å². The lowest BCUT2D eigenvalue weighted by atomic mass is 9.99. The second-order valence-corrected chi connectivity index (χ2v) is 9.20. The lowest BCUT2D eigenvalue weighted by Gasteiger charge is -2.33. The molecule has 2 aliphatic heterocycles. The smallest absolute Gasteiger partial charge is 0.234 e. The van der Waals surface area contributed by atoms with E-state index < -0.39 is 0 Å². The second kappa shape index (κ2) is 8.74. The van der Waals surface area contributed by atoms with Gasteiger partial charge in [-0.15, -0.1) is 0 Å². The van der Waals surface area contributed by atoms with Crippen LogP contribution >= 0.6 is 11.8 Å². The Morgan fingerprint density at radius 3 is 2.23 bits per heavy atom. The van der Waals surface area contributed by atoms with Crippen LogP contribution in [0, 0.1) is 13.8 Å². The van der Waals surface area contributed by atoms with Crippen molar-refractivity contribution in [1.29, 1.82) is 0 Å². The fraction of sp³-hybridized carbons (Fsp3) is 0.375. The summed E-state index contributed by atoms with van der Waals surface area (Å²) in [5.74, 6) is 0.284. The van der Waals surface area contributed by atoms with Crippen molar-refractivity contribution in [1.82, 2.24) is 4.90 Å². The topological polar surface area (TPSA) is 57.1 Å². The molecule has 6 heteroatoms. The number of carbonyl (C=O) groups is 1. The van der Waals surface area contributed by atoms with Crippen molar-refractivity contribution < 1.29 is 4.79 Å². The third-order valence-electron chi connectivity index (χ3n) is 5.62. The highest BCUT2D eigenvalue weighted by Gasteiger charge is 2.39. The first-order valence-corrected chi connectivity index (χ1v) is 11.4. The molecule has 2 aromatic rings.